The average Bonchev–Trinajstić information content (AvgIpc) is 0.901. The Balaban J connectivity index is 0.000000141. The van der Waals surface area contributed by atoms with E-state index in [0.29, 0.717) is 80.5 Å². The second-order valence-corrected chi connectivity index (χ2v) is 25.7. The first kappa shape index (κ1) is 65.8. The molecule has 0 bridgehead atoms. The van der Waals surface area contributed by atoms with Gasteiger partial charge in [-0.2, -0.15) is 15.3 Å². The highest BCUT2D eigenvalue weighted by molar-refractivity contribution is 6.37. The van der Waals surface area contributed by atoms with E-state index in [-0.39, 0.29) is 28.8 Å². The molecule has 91 heavy (non-hydrogen) atoms. The number of hydrogen-bond acceptors (Lipinski definition) is 15. The maximum Gasteiger partial charge on any atom is 0.274 e. The number of halogens is 7. The number of carbonyl (C=O) groups is 3. The van der Waals surface area contributed by atoms with E-state index in [9.17, 15) is 18.8 Å². The summed E-state index contributed by atoms with van der Waals surface area (Å²) in [7, 11) is 0. The first-order valence-electron chi connectivity index (χ1n) is 31.0. The van der Waals surface area contributed by atoms with E-state index in [1.54, 1.807) is 12.1 Å². The summed E-state index contributed by atoms with van der Waals surface area (Å²) in [6.07, 6.45) is 7.43. The predicted molar refractivity (Wildman–Crippen MR) is 358 cm³/mol. The van der Waals surface area contributed by atoms with Crippen LogP contribution in [0.5, 0.6) is 0 Å². The fourth-order valence-electron chi connectivity index (χ4n) is 12.4. The maximum absolute atomic E-state index is 14.0. The van der Waals surface area contributed by atoms with Crippen molar-refractivity contribution in [1.29, 1.82) is 0 Å². The Labute approximate surface area is 559 Å². The molecule has 0 saturated carbocycles. The van der Waals surface area contributed by atoms with Crippen molar-refractivity contribution in [2.24, 2.45) is 0 Å². The Hall–Kier alpha value is -6.68. The van der Waals surface area contributed by atoms with Gasteiger partial charge in [0, 0.05) is 140 Å². The number of para-hydroxylation sites is 1. The number of aryl methyl sites for hydroxylation is 3. The van der Waals surface area contributed by atoms with Gasteiger partial charge in [0.2, 0.25) is 0 Å². The summed E-state index contributed by atoms with van der Waals surface area (Å²) in [6, 6.07) is 29.5. The summed E-state index contributed by atoms with van der Waals surface area (Å²) in [6.45, 7) is 14.5. The first-order chi connectivity index (χ1) is 44.2. The number of benzene rings is 4. The van der Waals surface area contributed by atoms with Gasteiger partial charge in [0.15, 0.2) is 17.1 Å². The molecule has 4 aromatic carbocycles. The van der Waals surface area contributed by atoms with Crippen LogP contribution in [-0.4, -0.2) is 161 Å². The Kier molecular flexibility index (Phi) is 22.3. The number of nitrogens with one attached hydrogen (secondary N) is 1. The fourth-order valence-corrected chi connectivity index (χ4v) is 14.0. The van der Waals surface area contributed by atoms with Gasteiger partial charge in [-0.15, -0.1) is 15.3 Å². The van der Waals surface area contributed by atoms with Gasteiger partial charge >= 0.3 is 0 Å². The van der Waals surface area contributed by atoms with Gasteiger partial charge in [-0.05, 0) is 137 Å². The molecule has 6 aliphatic rings. The smallest absolute Gasteiger partial charge is 0.274 e. The van der Waals surface area contributed by atoms with E-state index >= 15 is 0 Å². The molecule has 9 heterocycles. The number of piperazine rings is 1. The van der Waals surface area contributed by atoms with Crippen molar-refractivity contribution in [3.8, 4) is 0 Å². The number of rotatable bonds is 13. The van der Waals surface area contributed by atoms with Gasteiger partial charge < -0.3 is 39.5 Å². The summed E-state index contributed by atoms with van der Waals surface area (Å²) < 4.78 is 19.4. The molecule has 3 amide bonds. The van der Waals surface area contributed by atoms with Crippen molar-refractivity contribution >= 4 is 110 Å². The minimum absolute atomic E-state index is 0.0224. The topological polar surface area (TPSA) is 172 Å². The number of anilines is 4. The highest BCUT2D eigenvalue weighted by Crippen LogP contribution is 2.40. The van der Waals surface area contributed by atoms with Gasteiger partial charge in [-0.25, -0.2) is 4.39 Å². The molecule has 478 valence electrons. The standard InChI is InChI=1S/C25H24Cl2FN5O.C22H27Cl2N5O2.C19H20Cl2N4O/c26-19-8-9-20(28)24(27)18(19)16-33-10-4-7-21-23(33)15-22(30-29-21)25(34)32-13-11-31(12-14-32)17-5-2-1-3-6-17;1-15(21-16(23)4-2-5-17(21)24)29-8-3-6-18-20(29)14-19(27-26-18)22(30)25-7-9-28-10-12-31-13-11-28;20-14-5-6-15(21)13(10-14)12-25-9-3-4-16-18(25)11-17(23-22-16)19(26)24-7-1-2-8-24/h1-3,5-6,8-9,15H,4,7,10-14,16H2;2,4-5,14-15H,3,6-13H2,1H3,(H,25,30);5-6,10-11H,1-4,7-9,12H2. The van der Waals surface area contributed by atoms with Crippen molar-refractivity contribution < 1.29 is 23.5 Å². The fraction of sp³-hybridized carbons (Fsp3) is 0.409. The molecule has 3 aromatic heterocycles. The summed E-state index contributed by atoms with van der Waals surface area (Å²) in [4.78, 5) is 53.3. The zero-order chi connectivity index (χ0) is 63.5. The summed E-state index contributed by atoms with van der Waals surface area (Å²) in [5, 5.41) is 31.7. The van der Waals surface area contributed by atoms with Crippen molar-refractivity contribution in [2.45, 2.75) is 77.4 Å². The van der Waals surface area contributed by atoms with E-state index < -0.39 is 5.82 Å². The molecule has 13 rings (SSSR count). The van der Waals surface area contributed by atoms with Crippen molar-refractivity contribution in [2.75, 3.05) is 118 Å². The summed E-state index contributed by atoms with van der Waals surface area (Å²) in [5.41, 5.74) is 9.97. The molecule has 1 N–H and O–H groups in total. The van der Waals surface area contributed by atoms with Gasteiger partial charge in [0.25, 0.3) is 17.7 Å². The number of likely N-dealkylation sites (tertiary alicyclic amines) is 1. The third-order valence-electron chi connectivity index (χ3n) is 17.3. The molecular weight excluding hydrogens is 1280 g/mol. The number of morpholine rings is 1. The molecule has 18 nitrogen and oxygen atoms in total. The molecule has 3 saturated heterocycles. The van der Waals surface area contributed by atoms with Crippen LogP contribution >= 0.6 is 69.6 Å². The Bertz CT molecular complexity index is 3710. The lowest BCUT2D eigenvalue weighted by Crippen LogP contribution is -2.49. The number of hydrogen-bond donors (Lipinski definition) is 1. The van der Waals surface area contributed by atoms with Crippen LogP contribution in [0.25, 0.3) is 0 Å². The first-order valence-corrected chi connectivity index (χ1v) is 33.3. The number of ether oxygens (including phenoxy) is 1. The predicted octanol–water partition coefficient (Wildman–Crippen LogP) is 12.2. The number of amides is 3. The van der Waals surface area contributed by atoms with Crippen LogP contribution in [0.1, 0.15) is 110 Å². The average molecular weight is 1360 g/mol. The minimum atomic E-state index is -0.503. The van der Waals surface area contributed by atoms with Crippen LogP contribution < -0.4 is 24.9 Å². The summed E-state index contributed by atoms with van der Waals surface area (Å²) >= 11 is 37.9. The van der Waals surface area contributed by atoms with E-state index in [4.69, 9.17) is 74.3 Å². The maximum atomic E-state index is 14.0. The molecule has 0 aliphatic carbocycles. The van der Waals surface area contributed by atoms with Crippen LogP contribution in [0.3, 0.4) is 0 Å². The Morgan fingerprint density at radius 3 is 1.75 bits per heavy atom. The van der Waals surface area contributed by atoms with Crippen LogP contribution in [0.15, 0.2) is 97.1 Å². The van der Waals surface area contributed by atoms with Crippen molar-refractivity contribution in [1.82, 2.24) is 50.6 Å². The normalized spacial score (nSPS) is 16.8. The highest BCUT2D eigenvalue weighted by Gasteiger charge is 2.31. The van der Waals surface area contributed by atoms with E-state index in [2.05, 4.69) is 74.6 Å². The van der Waals surface area contributed by atoms with E-state index in [1.165, 1.54) is 12.1 Å². The van der Waals surface area contributed by atoms with E-state index in [1.807, 2.05) is 75.4 Å². The van der Waals surface area contributed by atoms with Crippen LogP contribution in [0, 0.1) is 5.82 Å². The Morgan fingerprint density at radius 1 is 0.549 bits per heavy atom. The molecule has 0 radical (unpaired) electrons. The summed E-state index contributed by atoms with van der Waals surface area (Å²) in [5.74, 6) is -0.867. The van der Waals surface area contributed by atoms with Crippen molar-refractivity contribution in [3.63, 3.8) is 0 Å². The highest BCUT2D eigenvalue weighted by atomic mass is 35.5. The van der Waals surface area contributed by atoms with Gasteiger partial charge in [0.05, 0.1) is 58.4 Å². The van der Waals surface area contributed by atoms with Gasteiger partial charge in [-0.3, -0.25) is 19.3 Å². The molecule has 7 aromatic rings. The number of aromatic nitrogens is 6. The minimum Gasteiger partial charge on any atom is -0.379 e. The molecule has 1 atom stereocenters. The van der Waals surface area contributed by atoms with Crippen LogP contribution in [0.4, 0.5) is 27.1 Å². The lowest BCUT2D eigenvalue weighted by atomic mass is 10.0. The number of fused-ring (bicyclic) bond motifs is 3. The number of carbonyl (C=O) groups excluding carboxylic acids is 3. The third kappa shape index (κ3) is 16.0. The molecule has 1 unspecified atom stereocenters. The lowest BCUT2D eigenvalue weighted by Gasteiger charge is -2.36. The van der Waals surface area contributed by atoms with Crippen molar-refractivity contribution in [3.05, 3.63) is 184 Å². The second kappa shape index (κ2) is 30.8. The molecule has 3 fully saturated rings. The zero-order valence-corrected chi connectivity index (χ0v) is 55.1. The van der Waals surface area contributed by atoms with Crippen LogP contribution in [-0.2, 0) is 37.1 Å². The molecule has 6 aliphatic heterocycles. The number of nitrogens with zero attached hydrogens (tertiary/aromatic N) is 13. The SMILES string of the molecule is CC(c1c(Cl)cccc1Cl)N1CCCc2nnc(C(=O)NCCN3CCOCC3)cc21.O=C(c1cc2c(nn1)CCCN2Cc1c(Cl)ccc(F)c1Cl)N1CCN(c2ccccc2)CC1.O=C(c1cc2c(nn1)CCCN2Cc1cc(Cl)ccc1Cl)N1CCCC1. The van der Waals surface area contributed by atoms with Gasteiger partial charge in [-0.1, -0.05) is 93.9 Å². The van der Waals surface area contributed by atoms with Gasteiger partial charge in [0.1, 0.15) is 5.82 Å². The monoisotopic (exact) mass is 1350 g/mol. The molecule has 25 heteroatoms. The quantitative estimate of drug-likeness (QED) is 0.108. The second-order valence-electron chi connectivity index (χ2n) is 23.2. The Morgan fingerprint density at radius 2 is 1.11 bits per heavy atom. The molecule has 0 spiro atoms. The lowest BCUT2D eigenvalue weighted by molar-refractivity contribution is 0.0383. The molecular formula is C66H71Cl6FN14O4. The third-order valence-corrected chi connectivity index (χ3v) is 19.4. The van der Waals surface area contributed by atoms with E-state index in [0.717, 1.165) is 181 Å². The van der Waals surface area contributed by atoms with Crippen LogP contribution in [0.2, 0.25) is 30.1 Å². The zero-order valence-electron chi connectivity index (χ0n) is 50.6. The largest absolute Gasteiger partial charge is 0.379 e.